The SMILES string of the molecule is CC1(C)c2ccccc2-c2c(-c3ccc(N(c4ccc(-c5ccc6oc7ccccc7c6c5)cc4)c4cccc5c4-c4ccccc4C5(C)C)cc3)cccc21. The summed E-state index contributed by atoms with van der Waals surface area (Å²) in [5.74, 6) is 0. The Morgan fingerprint density at radius 2 is 0.875 bits per heavy atom. The van der Waals surface area contributed by atoms with Gasteiger partial charge in [0.15, 0.2) is 0 Å². The number of furan rings is 1. The van der Waals surface area contributed by atoms with E-state index in [0.29, 0.717) is 0 Å². The molecule has 2 nitrogen and oxygen atoms in total. The predicted octanol–water partition coefficient (Wildman–Crippen LogP) is 15.0. The van der Waals surface area contributed by atoms with Gasteiger partial charge in [0.1, 0.15) is 11.2 Å². The fraction of sp³-hybridized carbons (Fsp3) is 0.111. The second-order valence-electron chi connectivity index (χ2n) is 16.5. The second-order valence-corrected chi connectivity index (χ2v) is 16.5. The molecule has 0 amide bonds. The molecular weight excluding hydrogens is 679 g/mol. The summed E-state index contributed by atoms with van der Waals surface area (Å²) in [6.45, 7) is 9.41. The Balaban J connectivity index is 1.05. The van der Waals surface area contributed by atoms with Crippen LogP contribution < -0.4 is 4.90 Å². The molecule has 0 fully saturated rings. The lowest BCUT2D eigenvalue weighted by Gasteiger charge is -2.29. The molecule has 268 valence electrons. The first-order valence-electron chi connectivity index (χ1n) is 19.7. The monoisotopic (exact) mass is 719 g/mol. The highest BCUT2D eigenvalue weighted by molar-refractivity contribution is 6.06. The Labute approximate surface area is 328 Å². The number of benzene rings is 8. The maximum atomic E-state index is 6.14. The van der Waals surface area contributed by atoms with Crippen molar-refractivity contribution in [3.8, 4) is 44.5 Å². The van der Waals surface area contributed by atoms with Crippen LogP contribution in [0, 0.1) is 0 Å². The molecule has 0 radical (unpaired) electrons. The van der Waals surface area contributed by atoms with Crippen LogP contribution in [0.25, 0.3) is 66.4 Å². The molecule has 2 heteroatoms. The molecular formula is C54H41NO. The van der Waals surface area contributed by atoms with Crippen LogP contribution in [0.3, 0.4) is 0 Å². The number of fused-ring (bicyclic) bond motifs is 9. The average Bonchev–Trinajstić information content (AvgIpc) is 3.81. The highest BCUT2D eigenvalue weighted by Gasteiger charge is 2.38. The lowest BCUT2D eigenvalue weighted by Crippen LogP contribution is -2.16. The van der Waals surface area contributed by atoms with Crippen molar-refractivity contribution in [2.45, 2.75) is 38.5 Å². The van der Waals surface area contributed by atoms with Crippen molar-refractivity contribution < 1.29 is 4.42 Å². The van der Waals surface area contributed by atoms with E-state index in [1.807, 2.05) is 12.1 Å². The van der Waals surface area contributed by atoms with Crippen LogP contribution in [0.1, 0.15) is 49.9 Å². The molecule has 56 heavy (non-hydrogen) atoms. The zero-order chi connectivity index (χ0) is 37.8. The van der Waals surface area contributed by atoms with E-state index in [9.17, 15) is 0 Å². The molecule has 9 aromatic rings. The highest BCUT2D eigenvalue weighted by atomic mass is 16.3. The lowest BCUT2D eigenvalue weighted by molar-refractivity contribution is 0.660. The second kappa shape index (κ2) is 11.9. The van der Waals surface area contributed by atoms with Gasteiger partial charge in [0, 0.05) is 38.5 Å². The van der Waals surface area contributed by atoms with E-state index in [1.54, 1.807) is 0 Å². The maximum absolute atomic E-state index is 6.14. The standard InChI is InChI=1S/C54H41NO/c1-53(2)44-17-8-5-14-41(44)51-39(16-11-19-46(51)53)35-25-30-38(31-26-35)55(48-21-12-20-47-52(48)42-15-6-9-18-45(42)54(47,3)4)37-28-23-34(24-29-37)36-27-32-50-43(33-36)40-13-7-10-22-49(40)56-50/h5-33H,1-4H3. The van der Waals surface area contributed by atoms with Crippen molar-refractivity contribution in [2.75, 3.05) is 4.90 Å². The number of hydrogen-bond donors (Lipinski definition) is 0. The zero-order valence-corrected chi connectivity index (χ0v) is 32.1. The van der Waals surface area contributed by atoms with Crippen LogP contribution in [-0.2, 0) is 10.8 Å². The van der Waals surface area contributed by atoms with E-state index in [1.165, 1.54) is 72.4 Å². The van der Waals surface area contributed by atoms with Crippen molar-refractivity contribution in [2.24, 2.45) is 0 Å². The first-order chi connectivity index (χ1) is 27.3. The maximum Gasteiger partial charge on any atom is 0.135 e. The fourth-order valence-corrected chi connectivity index (χ4v) is 9.84. The first-order valence-corrected chi connectivity index (χ1v) is 19.7. The average molecular weight is 720 g/mol. The molecule has 2 aliphatic rings. The first kappa shape index (κ1) is 32.8. The van der Waals surface area contributed by atoms with Crippen LogP contribution in [0.5, 0.6) is 0 Å². The molecule has 8 aromatic carbocycles. The predicted molar refractivity (Wildman–Crippen MR) is 234 cm³/mol. The van der Waals surface area contributed by atoms with Gasteiger partial charge in [-0.2, -0.15) is 0 Å². The molecule has 0 bridgehead atoms. The van der Waals surface area contributed by atoms with E-state index >= 15 is 0 Å². The molecule has 0 saturated heterocycles. The van der Waals surface area contributed by atoms with Gasteiger partial charge in [-0.1, -0.05) is 155 Å². The quantitative estimate of drug-likeness (QED) is 0.176. The Morgan fingerprint density at radius 3 is 1.57 bits per heavy atom. The summed E-state index contributed by atoms with van der Waals surface area (Å²) >= 11 is 0. The zero-order valence-electron chi connectivity index (χ0n) is 32.1. The Bertz CT molecular complexity index is 3010. The minimum Gasteiger partial charge on any atom is -0.456 e. The van der Waals surface area contributed by atoms with Gasteiger partial charge in [-0.25, -0.2) is 0 Å². The fourth-order valence-electron chi connectivity index (χ4n) is 9.84. The van der Waals surface area contributed by atoms with Gasteiger partial charge in [-0.15, -0.1) is 0 Å². The third-order valence-electron chi connectivity index (χ3n) is 12.7. The molecule has 0 saturated carbocycles. The summed E-state index contributed by atoms with van der Waals surface area (Å²) in [6.07, 6.45) is 0. The third kappa shape index (κ3) is 4.69. The van der Waals surface area contributed by atoms with Gasteiger partial charge in [-0.3, -0.25) is 0 Å². The van der Waals surface area contributed by atoms with Crippen molar-refractivity contribution in [3.05, 3.63) is 198 Å². The molecule has 11 rings (SSSR count). The Hall–Kier alpha value is -6.64. The number of rotatable bonds is 5. The van der Waals surface area contributed by atoms with E-state index in [4.69, 9.17) is 4.42 Å². The van der Waals surface area contributed by atoms with Crippen molar-refractivity contribution in [1.29, 1.82) is 0 Å². The van der Waals surface area contributed by atoms with Gasteiger partial charge in [-0.05, 0) is 110 Å². The molecule has 0 spiro atoms. The Morgan fingerprint density at radius 1 is 0.375 bits per heavy atom. The van der Waals surface area contributed by atoms with Crippen molar-refractivity contribution in [1.82, 2.24) is 0 Å². The number of hydrogen-bond acceptors (Lipinski definition) is 2. The summed E-state index contributed by atoms with van der Waals surface area (Å²) in [6, 6.07) is 64.6. The molecule has 2 aliphatic carbocycles. The normalized spacial score (nSPS) is 14.4. The minimum atomic E-state index is -0.102. The molecule has 1 aromatic heterocycles. The third-order valence-corrected chi connectivity index (χ3v) is 12.7. The van der Waals surface area contributed by atoms with E-state index in [0.717, 1.165) is 33.3 Å². The topological polar surface area (TPSA) is 16.4 Å². The summed E-state index contributed by atoms with van der Waals surface area (Å²) in [7, 11) is 0. The number of anilines is 3. The van der Waals surface area contributed by atoms with E-state index in [2.05, 4.69) is 196 Å². The molecule has 0 aliphatic heterocycles. The minimum absolute atomic E-state index is 0.0410. The van der Waals surface area contributed by atoms with Crippen LogP contribution in [-0.4, -0.2) is 0 Å². The Kier molecular flexibility index (Phi) is 6.98. The molecule has 1 heterocycles. The van der Waals surface area contributed by atoms with E-state index < -0.39 is 0 Å². The van der Waals surface area contributed by atoms with Gasteiger partial charge in [0.2, 0.25) is 0 Å². The number of para-hydroxylation sites is 1. The van der Waals surface area contributed by atoms with E-state index in [-0.39, 0.29) is 10.8 Å². The van der Waals surface area contributed by atoms with Gasteiger partial charge >= 0.3 is 0 Å². The summed E-state index contributed by atoms with van der Waals surface area (Å²) in [4.78, 5) is 2.45. The highest BCUT2D eigenvalue weighted by Crippen LogP contribution is 2.55. The van der Waals surface area contributed by atoms with Crippen LogP contribution in [0.2, 0.25) is 0 Å². The summed E-state index contributed by atoms with van der Waals surface area (Å²) in [5.41, 5.74) is 20.8. The smallest absolute Gasteiger partial charge is 0.135 e. The summed E-state index contributed by atoms with van der Waals surface area (Å²) < 4.78 is 6.14. The lowest BCUT2D eigenvalue weighted by atomic mass is 9.82. The van der Waals surface area contributed by atoms with Crippen LogP contribution in [0.15, 0.2) is 180 Å². The number of nitrogens with zero attached hydrogens (tertiary/aromatic N) is 1. The summed E-state index contributed by atoms with van der Waals surface area (Å²) in [5, 5.41) is 2.28. The van der Waals surface area contributed by atoms with Gasteiger partial charge < -0.3 is 9.32 Å². The van der Waals surface area contributed by atoms with Gasteiger partial charge in [0.05, 0.1) is 5.69 Å². The van der Waals surface area contributed by atoms with Gasteiger partial charge in [0.25, 0.3) is 0 Å². The molecule has 0 atom stereocenters. The molecule has 0 unspecified atom stereocenters. The van der Waals surface area contributed by atoms with Crippen LogP contribution in [0.4, 0.5) is 17.1 Å². The van der Waals surface area contributed by atoms with Crippen molar-refractivity contribution >= 4 is 39.0 Å². The largest absolute Gasteiger partial charge is 0.456 e. The molecule has 0 N–H and O–H groups in total. The van der Waals surface area contributed by atoms with Crippen molar-refractivity contribution in [3.63, 3.8) is 0 Å². The van der Waals surface area contributed by atoms with Crippen LogP contribution >= 0.6 is 0 Å².